The van der Waals surface area contributed by atoms with E-state index in [0.717, 1.165) is 5.56 Å². The predicted octanol–water partition coefficient (Wildman–Crippen LogP) is 1.58. The van der Waals surface area contributed by atoms with Gasteiger partial charge in [0.1, 0.15) is 0 Å². The highest BCUT2D eigenvalue weighted by Crippen LogP contribution is 2.17. The third-order valence-corrected chi connectivity index (χ3v) is 5.27. The molecule has 0 aliphatic heterocycles. The maximum Gasteiger partial charge on any atom is 0.243 e. The van der Waals surface area contributed by atoms with Crippen molar-refractivity contribution in [1.29, 1.82) is 0 Å². The summed E-state index contributed by atoms with van der Waals surface area (Å²) in [5.74, 6) is 0. The highest BCUT2D eigenvalue weighted by molar-refractivity contribution is 9.08. The van der Waals surface area contributed by atoms with E-state index in [9.17, 15) is 8.42 Å². The van der Waals surface area contributed by atoms with Crippen molar-refractivity contribution in [2.24, 2.45) is 0 Å². The first-order chi connectivity index (χ1) is 7.93. The molecule has 0 saturated carbocycles. The molecular weight excluding hydrogens is 306 g/mol. The predicted molar refractivity (Wildman–Crippen MR) is 70.6 cm³/mol. The van der Waals surface area contributed by atoms with Crippen molar-refractivity contribution in [2.45, 2.75) is 23.2 Å². The molecule has 0 bridgehead atoms. The summed E-state index contributed by atoms with van der Waals surface area (Å²) < 4.78 is 25.4. The van der Waals surface area contributed by atoms with Crippen molar-refractivity contribution in [3.63, 3.8) is 0 Å². The van der Waals surface area contributed by atoms with Gasteiger partial charge in [0.15, 0.2) is 0 Å². The van der Waals surface area contributed by atoms with E-state index in [2.05, 4.69) is 15.9 Å². The van der Waals surface area contributed by atoms with Crippen LogP contribution in [-0.4, -0.2) is 37.5 Å². The molecule has 4 nitrogen and oxygen atoms in total. The highest BCUT2D eigenvalue weighted by atomic mass is 79.9. The summed E-state index contributed by atoms with van der Waals surface area (Å²) in [4.78, 5) is 0.241. The molecule has 6 heteroatoms. The molecule has 0 spiro atoms. The third-order valence-electron chi connectivity index (χ3n) is 2.64. The maximum atomic E-state index is 12.1. The van der Waals surface area contributed by atoms with E-state index in [1.54, 1.807) is 31.2 Å². The number of sulfonamides is 1. The lowest BCUT2D eigenvalue weighted by molar-refractivity contribution is 0.214. The Bertz CT molecular complexity index is 458. The van der Waals surface area contributed by atoms with Crippen molar-refractivity contribution < 1.29 is 13.5 Å². The van der Waals surface area contributed by atoms with Crippen LogP contribution in [0, 0.1) is 0 Å². The van der Waals surface area contributed by atoms with Crippen molar-refractivity contribution in [1.82, 2.24) is 4.31 Å². The van der Waals surface area contributed by atoms with Gasteiger partial charge in [0, 0.05) is 18.4 Å². The number of aliphatic hydroxyl groups is 1. The number of aliphatic hydroxyl groups excluding tert-OH is 1. The standard InChI is InChI=1S/C11H16BrNO3S/c1-9(8-14)13(2)17(15,16)11-5-3-10(7-12)4-6-11/h3-6,9,14H,7-8H2,1-2H3. The van der Waals surface area contributed by atoms with E-state index in [-0.39, 0.29) is 11.5 Å². The van der Waals surface area contributed by atoms with Crippen LogP contribution in [0.1, 0.15) is 12.5 Å². The molecule has 17 heavy (non-hydrogen) atoms. The number of rotatable bonds is 5. The second-order valence-electron chi connectivity index (χ2n) is 3.83. The minimum Gasteiger partial charge on any atom is -0.395 e. The van der Waals surface area contributed by atoms with Crippen LogP contribution in [0.4, 0.5) is 0 Å². The molecule has 1 rings (SSSR count). The van der Waals surface area contributed by atoms with Crippen LogP contribution >= 0.6 is 15.9 Å². The molecule has 0 heterocycles. The molecule has 0 radical (unpaired) electrons. The van der Waals surface area contributed by atoms with Gasteiger partial charge >= 0.3 is 0 Å². The lowest BCUT2D eigenvalue weighted by atomic mass is 10.2. The molecule has 0 aliphatic rings. The Balaban J connectivity index is 3.04. The smallest absolute Gasteiger partial charge is 0.243 e. The number of hydrogen-bond donors (Lipinski definition) is 1. The Morgan fingerprint density at radius 3 is 2.29 bits per heavy atom. The van der Waals surface area contributed by atoms with E-state index >= 15 is 0 Å². The summed E-state index contributed by atoms with van der Waals surface area (Å²) in [6.45, 7) is 1.46. The number of halogens is 1. The molecule has 1 N–H and O–H groups in total. The Morgan fingerprint density at radius 1 is 1.35 bits per heavy atom. The average Bonchev–Trinajstić information content (AvgIpc) is 2.36. The van der Waals surface area contributed by atoms with E-state index in [4.69, 9.17) is 5.11 Å². The van der Waals surface area contributed by atoms with Gasteiger partial charge in [0.25, 0.3) is 0 Å². The van der Waals surface area contributed by atoms with Gasteiger partial charge in [-0.05, 0) is 24.6 Å². The lowest BCUT2D eigenvalue weighted by Gasteiger charge is -2.22. The number of alkyl halides is 1. The normalized spacial score (nSPS) is 13.9. The van der Waals surface area contributed by atoms with E-state index in [0.29, 0.717) is 5.33 Å². The molecule has 0 fully saturated rings. The summed E-state index contributed by atoms with van der Waals surface area (Å²) in [7, 11) is -2.05. The number of benzene rings is 1. The Kier molecular flexibility index (Phi) is 5.12. The Morgan fingerprint density at radius 2 is 1.88 bits per heavy atom. The summed E-state index contributed by atoms with van der Waals surface area (Å²) in [5, 5.41) is 9.68. The summed E-state index contributed by atoms with van der Waals surface area (Å²) in [5.41, 5.74) is 1.02. The van der Waals surface area contributed by atoms with Gasteiger partial charge in [-0.15, -0.1) is 0 Å². The van der Waals surface area contributed by atoms with Gasteiger partial charge in [-0.1, -0.05) is 28.1 Å². The molecule has 0 amide bonds. The lowest BCUT2D eigenvalue weighted by Crippen LogP contribution is -2.37. The first kappa shape index (κ1) is 14.6. The van der Waals surface area contributed by atoms with E-state index in [1.807, 2.05) is 0 Å². The fourth-order valence-electron chi connectivity index (χ4n) is 1.27. The first-order valence-corrected chi connectivity index (χ1v) is 7.73. The van der Waals surface area contributed by atoms with E-state index < -0.39 is 16.1 Å². The zero-order valence-electron chi connectivity index (χ0n) is 9.80. The monoisotopic (exact) mass is 321 g/mol. The van der Waals surface area contributed by atoms with Gasteiger partial charge in [-0.25, -0.2) is 8.42 Å². The van der Waals surface area contributed by atoms with Crippen molar-refractivity contribution in [3.05, 3.63) is 29.8 Å². The quantitative estimate of drug-likeness (QED) is 0.838. The zero-order valence-corrected chi connectivity index (χ0v) is 12.2. The van der Waals surface area contributed by atoms with Gasteiger partial charge in [-0.3, -0.25) is 0 Å². The minimum atomic E-state index is -3.52. The van der Waals surface area contributed by atoms with Crippen LogP contribution in [0.5, 0.6) is 0 Å². The SMILES string of the molecule is CC(CO)N(C)S(=O)(=O)c1ccc(CBr)cc1. The Hall–Kier alpha value is -0.430. The second-order valence-corrected chi connectivity index (χ2v) is 6.39. The summed E-state index contributed by atoms with van der Waals surface area (Å²) in [6, 6.07) is 6.24. The largest absolute Gasteiger partial charge is 0.395 e. The van der Waals surface area contributed by atoms with Gasteiger partial charge in [0.05, 0.1) is 11.5 Å². The average molecular weight is 322 g/mol. The second kappa shape index (κ2) is 5.95. The fourth-order valence-corrected chi connectivity index (χ4v) is 3.00. The third kappa shape index (κ3) is 3.28. The molecule has 1 atom stereocenters. The molecule has 0 aromatic heterocycles. The van der Waals surface area contributed by atoms with Crippen molar-refractivity contribution in [2.75, 3.05) is 13.7 Å². The number of hydrogen-bond acceptors (Lipinski definition) is 3. The minimum absolute atomic E-state index is 0.199. The van der Waals surface area contributed by atoms with Crippen LogP contribution < -0.4 is 0 Å². The van der Waals surface area contributed by atoms with Crippen LogP contribution in [0.15, 0.2) is 29.2 Å². The molecular formula is C11H16BrNO3S. The van der Waals surface area contributed by atoms with Crippen molar-refractivity contribution in [3.8, 4) is 0 Å². The fraction of sp³-hybridized carbons (Fsp3) is 0.455. The molecule has 0 aliphatic carbocycles. The van der Waals surface area contributed by atoms with Gasteiger partial charge in [-0.2, -0.15) is 4.31 Å². The zero-order chi connectivity index (χ0) is 13.1. The van der Waals surface area contributed by atoms with Gasteiger partial charge < -0.3 is 5.11 Å². The molecule has 1 aromatic rings. The van der Waals surface area contributed by atoms with Crippen LogP contribution in [-0.2, 0) is 15.4 Å². The highest BCUT2D eigenvalue weighted by Gasteiger charge is 2.24. The van der Waals surface area contributed by atoms with Crippen molar-refractivity contribution >= 4 is 26.0 Å². The first-order valence-electron chi connectivity index (χ1n) is 5.17. The van der Waals surface area contributed by atoms with Crippen LogP contribution in [0.3, 0.4) is 0 Å². The van der Waals surface area contributed by atoms with Gasteiger partial charge in [0.2, 0.25) is 10.0 Å². The topological polar surface area (TPSA) is 57.6 Å². The summed E-state index contributed by atoms with van der Waals surface area (Å²) >= 11 is 3.30. The number of nitrogens with zero attached hydrogens (tertiary/aromatic N) is 1. The van der Waals surface area contributed by atoms with Crippen LogP contribution in [0.2, 0.25) is 0 Å². The van der Waals surface area contributed by atoms with Crippen LogP contribution in [0.25, 0.3) is 0 Å². The molecule has 96 valence electrons. The summed E-state index contributed by atoms with van der Waals surface area (Å²) in [6.07, 6.45) is 0. The Labute approximate surface area is 110 Å². The molecule has 1 unspecified atom stereocenters. The maximum absolute atomic E-state index is 12.1. The van der Waals surface area contributed by atoms with E-state index in [1.165, 1.54) is 11.4 Å². The molecule has 0 saturated heterocycles. The number of likely N-dealkylation sites (N-methyl/N-ethyl adjacent to an activating group) is 1. The molecule has 1 aromatic carbocycles.